The molecule has 0 heterocycles. The van der Waals surface area contributed by atoms with E-state index in [1.54, 1.807) is 0 Å². The maximum absolute atomic E-state index is 10.2. The van der Waals surface area contributed by atoms with E-state index in [4.69, 9.17) is 0 Å². The SMILES string of the molecule is Cc1ccc(C(O)CC2CCCCC2)cc1. The van der Waals surface area contributed by atoms with Crippen LogP contribution in [0, 0.1) is 12.8 Å². The Kier molecular flexibility index (Phi) is 4.00. The third-order valence-electron chi connectivity index (χ3n) is 3.74. The Balaban J connectivity index is 1.91. The van der Waals surface area contributed by atoms with Gasteiger partial charge in [0.05, 0.1) is 6.10 Å². The van der Waals surface area contributed by atoms with Gasteiger partial charge in [0.2, 0.25) is 0 Å². The second kappa shape index (κ2) is 5.49. The highest BCUT2D eigenvalue weighted by Gasteiger charge is 2.18. The monoisotopic (exact) mass is 218 g/mol. The van der Waals surface area contributed by atoms with Crippen molar-refractivity contribution in [1.29, 1.82) is 0 Å². The van der Waals surface area contributed by atoms with Crippen molar-refractivity contribution in [3.63, 3.8) is 0 Å². The molecule has 1 heteroatoms. The van der Waals surface area contributed by atoms with E-state index in [0.717, 1.165) is 17.9 Å². The van der Waals surface area contributed by atoms with Gasteiger partial charge in [-0.3, -0.25) is 0 Å². The summed E-state index contributed by atoms with van der Waals surface area (Å²) < 4.78 is 0. The largest absolute Gasteiger partial charge is 0.388 e. The van der Waals surface area contributed by atoms with Crippen LogP contribution in [0.15, 0.2) is 24.3 Å². The van der Waals surface area contributed by atoms with Gasteiger partial charge < -0.3 is 5.11 Å². The van der Waals surface area contributed by atoms with Gasteiger partial charge in [-0.25, -0.2) is 0 Å². The molecule has 2 rings (SSSR count). The Morgan fingerprint density at radius 1 is 1.12 bits per heavy atom. The summed E-state index contributed by atoms with van der Waals surface area (Å²) in [6.07, 6.45) is 7.39. The maximum Gasteiger partial charge on any atom is 0.0792 e. The van der Waals surface area contributed by atoms with Gasteiger partial charge in [-0.05, 0) is 24.8 Å². The highest BCUT2D eigenvalue weighted by molar-refractivity contribution is 5.23. The van der Waals surface area contributed by atoms with E-state index in [0.29, 0.717) is 0 Å². The third kappa shape index (κ3) is 3.08. The second-order valence-corrected chi connectivity index (χ2v) is 5.17. The second-order valence-electron chi connectivity index (χ2n) is 5.17. The number of rotatable bonds is 3. The average molecular weight is 218 g/mol. The van der Waals surface area contributed by atoms with Crippen molar-refractivity contribution in [2.24, 2.45) is 5.92 Å². The number of aliphatic hydroxyl groups is 1. The minimum absolute atomic E-state index is 0.260. The summed E-state index contributed by atoms with van der Waals surface area (Å²) in [5.74, 6) is 0.741. The lowest BCUT2D eigenvalue weighted by Crippen LogP contribution is -2.11. The number of benzene rings is 1. The lowest BCUT2D eigenvalue weighted by molar-refractivity contribution is 0.131. The van der Waals surface area contributed by atoms with E-state index in [-0.39, 0.29) is 6.10 Å². The smallest absolute Gasteiger partial charge is 0.0792 e. The summed E-state index contributed by atoms with van der Waals surface area (Å²) in [5.41, 5.74) is 2.34. The molecule has 0 aliphatic heterocycles. The molecule has 1 aliphatic rings. The first kappa shape index (κ1) is 11.7. The molecule has 1 saturated carbocycles. The number of hydrogen-bond donors (Lipinski definition) is 1. The maximum atomic E-state index is 10.2. The standard InChI is InChI=1S/C15H22O/c1-12-7-9-14(10-8-12)15(16)11-13-5-3-2-4-6-13/h7-10,13,15-16H,2-6,11H2,1H3. The Hall–Kier alpha value is -0.820. The lowest BCUT2D eigenvalue weighted by atomic mass is 9.84. The van der Waals surface area contributed by atoms with Crippen molar-refractivity contribution in [2.45, 2.75) is 51.6 Å². The summed E-state index contributed by atoms with van der Waals surface area (Å²) in [7, 11) is 0. The summed E-state index contributed by atoms with van der Waals surface area (Å²) in [4.78, 5) is 0. The molecule has 0 saturated heterocycles. The van der Waals surface area contributed by atoms with Crippen molar-refractivity contribution < 1.29 is 5.11 Å². The molecule has 0 aromatic heterocycles. The number of hydrogen-bond acceptors (Lipinski definition) is 1. The Labute approximate surface area is 98.5 Å². The van der Waals surface area contributed by atoms with E-state index in [1.807, 2.05) is 0 Å². The summed E-state index contributed by atoms with van der Waals surface area (Å²) in [5, 5.41) is 10.2. The molecule has 88 valence electrons. The van der Waals surface area contributed by atoms with Gasteiger partial charge in [0, 0.05) is 0 Å². The molecule has 1 fully saturated rings. The fourth-order valence-electron chi connectivity index (χ4n) is 2.66. The fourth-order valence-corrected chi connectivity index (χ4v) is 2.66. The molecule has 1 aromatic carbocycles. The predicted octanol–water partition coefficient (Wildman–Crippen LogP) is 4.00. The van der Waals surface area contributed by atoms with Gasteiger partial charge in [-0.2, -0.15) is 0 Å². The van der Waals surface area contributed by atoms with Crippen LogP contribution < -0.4 is 0 Å². The molecule has 0 amide bonds. The Morgan fingerprint density at radius 3 is 2.38 bits per heavy atom. The van der Waals surface area contributed by atoms with Gasteiger partial charge in [-0.1, -0.05) is 61.9 Å². The topological polar surface area (TPSA) is 20.2 Å². The van der Waals surface area contributed by atoms with Gasteiger partial charge in [0.25, 0.3) is 0 Å². The Morgan fingerprint density at radius 2 is 1.75 bits per heavy atom. The van der Waals surface area contributed by atoms with Crippen LogP contribution in [-0.4, -0.2) is 5.11 Å². The zero-order valence-corrected chi connectivity index (χ0v) is 10.2. The highest BCUT2D eigenvalue weighted by atomic mass is 16.3. The first-order valence-corrected chi connectivity index (χ1v) is 6.50. The molecule has 0 spiro atoms. The Bertz CT molecular complexity index is 309. The van der Waals surface area contributed by atoms with Crippen molar-refractivity contribution in [1.82, 2.24) is 0 Å². The van der Waals surface area contributed by atoms with Crippen LogP contribution in [0.25, 0.3) is 0 Å². The minimum Gasteiger partial charge on any atom is -0.388 e. The molecule has 1 atom stereocenters. The van der Waals surface area contributed by atoms with E-state index >= 15 is 0 Å². The summed E-state index contributed by atoms with van der Waals surface area (Å²) >= 11 is 0. The van der Waals surface area contributed by atoms with E-state index in [9.17, 15) is 5.11 Å². The van der Waals surface area contributed by atoms with Crippen molar-refractivity contribution >= 4 is 0 Å². The van der Waals surface area contributed by atoms with Crippen LogP contribution in [0.5, 0.6) is 0 Å². The molecule has 16 heavy (non-hydrogen) atoms. The van der Waals surface area contributed by atoms with E-state index in [1.165, 1.54) is 37.7 Å². The first-order chi connectivity index (χ1) is 7.75. The van der Waals surface area contributed by atoms with Gasteiger partial charge >= 0.3 is 0 Å². The van der Waals surface area contributed by atoms with Crippen LogP contribution in [0.4, 0.5) is 0 Å². The molecule has 1 N–H and O–H groups in total. The van der Waals surface area contributed by atoms with Crippen LogP contribution in [0.3, 0.4) is 0 Å². The van der Waals surface area contributed by atoms with Gasteiger partial charge in [-0.15, -0.1) is 0 Å². The van der Waals surface area contributed by atoms with Crippen molar-refractivity contribution in [3.05, 3.63) is 35.4 Å². The van der Waals surface area contributed by atoms with Crippen LogP contribution in [0.2, 0.25) is 0 Å². The molecular weight excluding hydrogens is 196 g/mol. The van der Waals surface area contributed by atoms with Gasteiger partial charge in [0.1, 0.15) is 0 Å². The van der Waals surface area contributed by atoms with E-state index < -0.39 is 0 Å². The van der Waals surface area contributed by atoms with Crippen LogP contribution in [0.1, 0.15) is 55.8 Å². The van der Waals surface area contributed by atoms with E-state index in [2.05, 4.69) is 31.2 Å². The van der Waals surface area contributed by atoms with Crippen LogP contribution >= 0.6 is 0 Å². The zero-order valence-electron chi connectivity index (χ0n) is 10.2. The average Bonchev–Trinajstić information content (AvgIpc) is 2.31. The van der Waals surface area contributed by atoms with Crippen molar-refractivity contribution in [3.8, 4) is 0 Å². The molecular formula is C15H22O. The minimum atomic E-state index is -0.260. The third-order valence-corrected chi connectivity index (χ3v) is 3.74. The molecule has 1 aromatic rings. The molecule has 1 unspecified atom stereocenters. The molecule has 0 bridgehead atoms. The quantitative estimate of drug-likeness (QED) is 0.813. The first-order valence-electron chi connectivity index (χ1n) is 6.50. The molecule has 1 nitrogen and oxygen atoms in total. The number of aliphatic hydroxyl groups excluding tert-OH is 1. The van der Waals surface area contributed by atoms with Crippen molar-refractivity contribution in [2.75, 3.05) is 0 Å². The normalized spacial score (nSPS) is 19.6. The molecule has 1 aliphatic carbocycles. The lowest BCUT2D eigenvalue weighted by Gasteiger charge is -2.24. The summed E-state index contributed by atoms with van der Waals surface area (Å²) in [6, 6.07) is 8.28. The number of aryl methyl sites for hydroxylation is 1. The fraction of sp³-hybridized carbons (Fsp3) is 0.600. The van der Waals surface area contributed by atoms with Gasteiger partial charge in [0.15, 0.2) is 0 Å². The zero-order chi connectivity index (χ0) is 11.4. The highest BCUT2D eigenvalue weighted by Crippen LogP contribution is 2.31. The molecule has 0 radical (unpaired) electrons. The summed E-state index contributed by atoms with van der Waals surface area (Å²) in [6.45, 7) is 2.08. The predicted molar refractivity (Wildman–Crippen MR) is 67.3 cm³/mol. The van der Waals surface area contributed by atoms with Crippen LogP contribution in [-0.2, 0) is 0 Å².